The predicted molar refractivity (Wildman–Crippen MR) is 146 cm³/mol. The van der Waals surface area contributed by atoms with E-state index in [2.05, 4.69) is 60.6 Å². The number of unbranched alkanes of at least 4 members (excludes halogenated alkanes) is 1. The second-order valence-corrected chi connectivity index (χ2v) is 8.97. The molecule has 6 rings (SSSR count). The van der Waals surface area contributed by atoms with Crippen LogP contribution in [-0.2, 0) is 4.79 Å². The SMILES string of the molecule is CCCCC(=O)Nc1cncc(-c2cnc3n[nH]c(-c4cc5c(-c6ccccn6)cccc5[nH]4)c3c2)c1. The first-order valence-corrected chi connectivity index (χ1v) is 12.3. The molecule has 0 aliphatic rings. The number of aromatic nitrogens is 6. The summed E-state index contributed by atoms with van der Waals surface area (Å²) < 4.78 is 0. The van der Waals surface area contributed by atoms with Crippen LogP contribution in [0, 0.1) is 0 Å². The van der Waals surface area contributed by atoms with E-state index in [4.69, 9.17) is 0 Å². The van der Waals surface area contributed by atoms with E-state index in [9.17, 15) is 4.79 Å². The summed E-state index contributed by atoms with van der Waals surface area (Å²) in [6.07, 6.45) is 9.35. The van der Waals surface area contributed by atoms with Crippen molar-refractivity contribution in [3.63, 3.8) is 0 Å². The third kappa shape index (κ3) is 4.45. The van der Waals surface area contributed by atoms with Gasteiger partial charge in [-0.05, 0) is 42.8 Å². The standard InChI is InChI=1S/C29H25N7O/c1-2-3-10-27(37)33-20-12-18(15-30-17-20)19-13-23-28(35-36-29(23)32-16-19)26-14-22-21(7-6-9-25(22)34-26)24-8-4-5-11-31-24/h4-9,11-17,34H,2-3,10H2,1H3,(H,33,37)(H,32,35,36). The fourth-order valence-electron chi connectivity index (χ4n) is 4.53. The summed E-state index contributed by atoms with van der Waals surface area (Å²) in [4.78, 5) is 29.1. The number of hydrogen-bond donors (Lipinski definition) is 3. The van der Waals surface area contributed by atoms with E-state index in [1.54, 1.807) is 24.8 Å². The Morgan fingerprint density at radius 3 is 2.73 bits per heavy atom. The largest absolute Gasteiger partial charge is 0.353 e. The molecular formula is C29H25N7O. The van der Waals surface area contributed by atoms with Gasteiger partial charge in [-0.15, -0.1) is 0 Å². The van der Waals surface area contributed by atoms with Crippen LogP contribution in [0.15, 0.2) is 79.4 Å². The van der Waals surface area contributed by atoms with Crippen molar-refractivity contribution >= 4 is 33.5 Å². The van der Waals surface area contributed by atoms with Crippen LogP contribution in [0.4, 0.5) is 5.69 Å². The molecular weight excluding hydrogens is 462 g/mol. The number of carbonyl (C=O) groups is 1. The highest BCUT2D eigenvalue weighted by Gasteiger charge is 2.15. The number of rotatable bonds is 7. The molecule has 5 aromatic heterocycles. The monoisotopic (exact) mass is 487 g/mol. The molecule has 6 aromatic rings. The highest BCUT2D eigenvalue weighted by atomic mass is 16.1. The van der Waals surface area contributed by atoms with Crippen LogP contribution in [-0.4, -0.2) is 36.0 Å². The molecule has 1 amide bonds. The average molecular weight is 488 g/mol. The maximum Gasteiger partial charge on any atom is 0.224 e. The number of fused-ring (bicyclic) bond motifs is 2. The number of anilines is 1. The normalized spacial score (nSPS) is 11.3. The van der Waals surface area contributed by atoms with Crippen LogP contribution in [0.3, 0.4) is 0 Å². The number of nitrogens with zero attached hydrogens (tertiary/aromatic N) is 4. The fraction of sp³-hybridized carbons (Fsp3) is 0.138. The highest BCUT2D eigenvalue weighted by Crippen LogP contribution is 2.34. The summed E-state index contributed by atoms with van der Waals surface area (Å²) in [5.74, 6) is -0.00428. The minimum atomic E-state index is -0.00428. The summed E-state index contributed by atoms with van der Waals surface area (Å²) in [5, 5.41) is 12.5. The molecule has 8 heteroatoms. The zero-order valence-electron chi connectivity index (χ0n) is 20.3. The molecule has 0 saturated heterocycles. The van der Waals surface area contributed by atoms with Crippen LogP contribution in [0.1, 0.15) is 26.2 Å². The Balaban J connectivity index is 1.37. The summed E-state index contributed by atoms with van der Waals surface area (Å²) in [5.41, 5.74) is 7.81. The lowest BCUT2D eigenvalue weighted by atomic mass is 10.1. The Bertz CT molecular complexity index is 1720. The van der Waals surface area contributed by atoms with E-state index in [-0.39, 0.29) is 5.91 Å². The van der Waals surface area contributed by atoms with Crippen molar-refractivity contribution in [3.8, 4) is 33.8 Å². The van der Waals surface area contributed by atoms with E-state index in [1.165, 1.54) is 0 Å². The molecule has 0 bridgehead atoms. The van der Waals surface area contributed by atoms with Crippen molar-refractivity contribution in [2.75, 3.05) is 5.32 Å². The Morgan fingerprint density at radius 2 is 1.86 bits per heavy atom. The zero-order valence-corrected chi connectivity index (χ0v) is 20.3. The van der Waals surface area contributed by atoms with Gasteiger partial charge in [-0.1, -0.05) is 31.5 Å². The minimum Gasteiger partial charge on any atom is -0.353 e. The number of hydrogen-bond acceptors (Lipinski definition) is 5. The van der Waals surface area contributed by atoms with E-state index >= 15 is 0 Å². The maximum absolute atomic E-state index is 12.2. The van der Waals surface area contributed by atoms with Crippen molar-refractivity contribution in [2.24, 2.45) is 0 Å². The van der Waals surface area contributed by atoms with Gasteiger partial charge in [0, 0.05) is 58.0 Å². The smallest absolute Gasteiger partial charge is 0.224 e. The van der Waals surface area contributed by atoms with Gasteiger partial charge in [0.05, 0.1) is 29.0 Å². The van der Waals surface area contributed by atoms with E-state index in [1.807, 2.05) is 36.4 Å². The van der Waals surface area contributed by atoms with Gasteiger partial charge in [-0.3, -0.25) is 19.9 Å². The van der Waals surface area contributed by atoms with Crippen LogP contribution < -0.4 is 5.32 Å². The van der Waals surface area contributed by atoms with Gasteiger partial charge in [0.15, 0.2) is 5.65 Å². The topological polar surface area (TPSA) is 112 Å². The number of nitrogens with one attached hydrogen (secondary N) is 3. The first-order valence-electron chi connectivity index (χ1n) is 12.3. The van der Waals surface area contributed by atoms with Crippen molar-refractivity contribution in [1.82, 2.24) is 30.1 Å². The summed E-state index contributed by atoms with van der Waals surface area (Å²) in [7, 11) is 0. The molecule has 0 atom stereocenters. The van der Waals surface area contributed by atoms with Gasteiger partial charge in [-0.2, -0.15) is 5.10 Å². The number of pyridine rings is 3. The molecule has 0 aliphatic carbocycles. The summed E-state index contributed by atoms with van der Waals surface area (Å²) >= 11 is 0. The molecule has 37 heavy (non-hydrogen) atoms. The van der Waals surface area contributed by atoms with E-state index in [0.717, 1.165) is 62.9 Å². The number of H-pyrrole nitrogens is 2. The lowest BCUT2D eigenvalue weighted by Crippen LogP contribution is -2.11. The lowest BCUT2D eigenvalue weighted by Gasteiger charge is -2.07. The molecule has 0 spiro atoms. The molecule has 1 aromatic carbocycles. The van der Waals surface area contributed by atoms with Gasteiger partial charge in [0.2, 0.25) is 5.91 Å². The highest BCUT2D eigenvalue weighted by molar-refractivity contribution is 6.00. The minimum absolute atomic E-state index is 0.00428. The predicted octanol–water partition coefficient (Wildman–Crippen LogP) is 6.36. The average Bonchev–Trinajstić information content (AvgIpc) is 3.56. The molecule has 0 fully saturated rings. The zero-order chi connectivity index (χ0) is 25.2. The first-order chi connectivity index (χ1) is 18.2. The maximum atomic E-state index is 12.2. The van der Waals surface area contributed by atoms with Gasteiger partial charge in [-0.25, -0.2) is 4.98 Å². The third-order valence-corrected chi connectivity index (χ3v) is 6.40. The number of amides is 1. The fourth-order valence-corrected chi connectivity index (χ4v) is 4.53. The molecule has 3 N–H and O–H groups in total. The summed E-state index contributed by atoms with van der Waals surface area (Å²) in [6.45, 7) is 2.07. The number of carbonyl (C=O) groups excluding carboxylic acids is 1. The number of aromatic amines is 2. The van der Waals surface area contributed by atoms with Gasteiger partial charge in [0.1, 0.15) is 0 Å². The molecule has 182 valence electrons. The molecule has 0 unspecified atom stereocenters. The number of benzene rings is 1. The van der Waals surface area contributed by atoms with Crippen molar-refractivity contribution in [1.29, 1.82) is 0 Å². The van der Waals surface area contributed by atoms with E-state index in [0.29, 0.717) is 17.8 Å². The Morgan fingerprint density at radius 1 is 0.946 bits per heavy atom. The Kier molecular flexibility index (Phi) is 5.90. The molecule has 5 heterocycles. The molecule has 0 aliphatic heterocycles. The Hall–Kier alpha value is -4.85. The Labute approximate surface area is 213 Å². The van der Waals surface area contributed by atoms with Gasteiger partial charge in [0.25, 0.3) is 0 Å². The van der Waals surface area contributed by atoms with Gasteiger partial charge >= 0.3 is 0 Å². The van der Waals surface area contributed by atoms with E-state index < -0.39 is 0 Å². The molecule has 8 nitrogen and oxygen atoms in total. The quantitative estimate of drug-likeness (QED) is 0.243. The second kappa shape index (κ2) is 9.66. The second-order valence-electron chi connectivity index (χ2n) is 8.97. The molecule has 0 radical (unpaired) electrons. The van der Waals surface area contributed by atoms with Crippen LogP contribution >= 0.6 is 0 Å². The lowest BCUT2D eigenvalue weighted by molar-refractivity contribution is -0.116. The van der Waals surface area contributed by atoms with Crippen LogP contribution in [0.2, 0.25) is 0 Å². The molecule has 0 saturated carbocycles. The van der Waals surface area contributed by atoms with Crippen molar-refractivity contribution in [2.45, 2.75) is 26.2 Å². The van der Waals surface area contributed by atoms with Crippen LogP contribution in [0.25, 0.3) is 55.7 Å². The van der Waals surface area contributed by atoms with Gasteiger partial charge < -0.3 is 10.3 Å². The van der Waals surface area contributed by atoms with Crippen molar-refractivity contribution < 1.29 is 4.79 Å². The third-order valence-electron chi connectivity index (χ3n) is 6.40. The summed E-state index contributed by atoms with van der Waals surface area (Å²) in [6, 6.07) is 18.2. The van der Waals surface area contributed by atoms with Crippen LogP contribution in [0.5, 0.6) is 0 Å². The first kappa shape index (κ1) is 22.6. The van der Waals surface area contributed by atoms with Crippen molar-refractivity contribution in [3.05, 3.63) is 79.4 Å².